The number of unbranched alkanes of at least 4 members (excludes halogenated alkanes) is 1. The van der Waals surface area contributed by atoms with Gasteiger partial charge in [-0.1, -0.05) is 25.5 Å². The lowest BCUT2D eigenvalue weighted by Gasteiger charge is -2.32. The smallest absolute Gasteiger partial charge is 0.319 e. The predicted molar refractivity (Wildman–Crippen MR) is 102 cm³/mol. The van der Waals surface area contributed by atoms with Gasteiger partial charge in [-0.15, -0.1) is 0 Å². The highest BCUT2D eigenvalue weighted by Gasteiger charge is 2.23. The van der Waals surface area contributed by atoms with Crippen LogP contribution in [0, 0.1) is 0 Å². The van der Waals surface area contributed by atoms with E-state index >= 15 is 0 Å². The van der Waals surface area contributed by atoms with Crippen LogP contribution in [-0.4, -0.2) is 44.4 Å². The number of hydrogen-bond donors (Lipinski definition) is 3. The van der Waals surface area contributed by atoms with Crippen LogP contribution in [0.15, 0.2) is 24.3 Å². The number of carbonyl (C=O) groups is 2. The van der Waals surface area contributed by atoms with Crippen molar-refractivity contribution in [2.24, 2.45) is 0 Å². The van der Waals surface area contributed by atoms with Crippen molar-refractivity contribution in [3.05, 3.63) is 29.8 Å². The van der Waals surface area contributed by atoms with Crippen molar-refractivity contribution in [2.75, 3.05) is 18.4 Å². The zero-order chi connectivity index (χ0) is 18.9. The molecule has 2 rings (SSSR count). The number of urea groups is 1. The highest BCUT2D eigenvalue weighted by Crippen LogP contribution is 2.14. The Morgan fingerprint density at radius 1 is 1.15 bits per heavy atom. The van der Waals surface area contributed by atoms with E-state index in [1.54, 1.807) is 24.3 Å². The summed E-state index contributed by atoms with van der Waals surface area (Å²) in [7, 11) is -2.45. The Labute approximate surface area is 156 Å². The lowest BCUT2D eigenvalue weighted by Crippen LogP contribution is -2.47. The molecule has 2 N–H and O–H groups in total. The molecule has 0 saturated carbocycles. The first-order chi connectivity index (χ1) is 12.5. The van der Waals surface area contributed by atoms with E-state index < -0.39 is 10.7 Å². The van der Waals surface area contributed by atoms with Crippen molar-refractivity contribution in [1.29, 1.82) is 0 Å². The Bertz CT molecular complexity index is 672. The fourth-order valence-electron chi connectivity index (χ4n) is 2.95. The Hall–Kier alpha value is -2.09. The molecule has 26 heavy (non-hydrogen) atoms. The largest absolute Gasteiger partial charge is 0.343 e. The quantitative estimate of drug-likeness (QED) is 0.630. The summed E-state index contributed by atoms with van der Waals surface area (Å²) in [6.45, 7) is 3.42. The van der Waals surface area contributed by atoms with E-state index in [4.69, 9.17) is 0 Å². The summed E-state index contributed by atoms with van der Waals surface area (Å²) in [6.07, 6.45) is 4.04. The van der Waals surface area contributed by atoms with Crippen LogP contribution in [0.5, 0.6) is 0 Å². The second-order valence-corrected chi connectivity index (χ2v) is 7.53. The second kappa shape index (κ2) is 10.2. The van der Waals surface area contributed by atoms with Crippen molar-refractivity contribution < 1.29 is 18.0 Å². The SMILES string of the molecule is CCCCC(=O)N1CCC(NC(=O)Nc2ccc(C[SH](=O)=O)cc2)CC1. The zero-order valence-corrected chi connectivity index (χ0v) is 16.0. The maximum Gasteiger partial charge on any atom is 0.319 e. The Morgan fingerprint density at radius 3 is 2.38 bits per heavy atom. The molecule has 8 heteroatoms. The van der Waals surface area contributed by atoms with Crippen LogP contribution in [0.1, 0.15) is 44.6 Å². The van der Waals surface area contributed by atoms with E-state index in [1.165, 1.54) is 0 Å². The summed E-state index contributed by atoms with van der Waals surface area (Å²) in [6, 6.07) is 6.49. The van der Waals surface area contributed by atoms with Crippen LogP contribution in [0.3, 0.4) is 0 Å². The third-order valence-corrected chi connectivity index (χ3v) is 5.07. The fraction of sp³-hybridized carbons (Fsp3) is 0.556. The van der Waals surface area contributed by atoms with E-state index in [1.807, 2.05) is 4.90 Å². The molecule has 0 unspecified atom stereocenters. The van der Waals surface area contributed by atoms with Crippen LogP contribution in [0.2, 0.25) is 0 Å². The van der Waals surface area contributed by atoms with Crippen molar-refractivity contribution in [3.63, 3.8) is 0 Å². The third-order valence-electron chi connectivity index (χ3n) is 4.45. The van der Waals surface area contributed by atoms with Crippen LogP contribution in [-0.2, 0) is 21.3 Å². The van der Waals surface area contributed by atoms with Crippen LogP contribution < -0.4 is 10.6 Å². The van der Waals surface area contributed by atoms with Gasteiger partial charge in [0.05, 0.1) is 5.75 Å². The Kier molecular flexibility index (Phi) is 7.90. The number of benzene rings is 1. The van der Waals surface area contributed by atoms with Crippen LogP contribution in [0.4, 0.5) is 10.5 Å². The van der Waals surface area contributed by atoms with E-state index in [0.717, 1.165) is 25.7 Å². The molecule has 144 valence electrons. The summed E-state index contributed by atoms with van der Waals surface area (Å²) < 4.78 is 21.4. The van der Waals surface area contributed by atoms with Crippen LogP contribution >= 0.6 is 0 Å². The Morgan fingerprint density at radius 2 is 1.81 bits per heavy atom. The molecule has 1 heterocycles. The molecule has 1 saturated heterocycles. The van der Waals surface area contributed by atoms with Crippen molar-refractivity contribution in [1.82, 2.24) is 10.2 Å². The lowest BCUT2D eigenvalue weighted by molar-refractivity contribution is -0.132. The van der Waals surface area contributed by atoms with Gasteiger partial charge in [-0.05, 0) is 37.0 Å². The minimum atomic E-state index is -2.45. The molecule has 0 aliphatic carbocycles. The van der Waals surface area contributed by atoms with Gasteiger partial charge in [0.15, 0.2) is 0 Å². The summed E-state index contributed by atoms with van der Waals surface area (Å²) >= 11 is 0. The molecule has 1 aromatic rings. The van der Waals surface area contributed by atoms with Gasteiger partial charge in [0.25, 0.3) is 0 Å². The standard InChI is InChI=1S/C18H27N3O4S/c1-2-3-4-17(22)21-11-9-16(10-12-21)20-18(23)19-15-7-5-14(6-8-15)13-26(24)25/h5-8,16,26H,2-4,9-13H2,1H3,(H2,19,20,23). The number of nitrogens with one attached hydrogen (secondary N) is 2. The number of hydrogen-bond acceptors (Lipinski definition) is 4. The fourth-order valence-corrected chi connectivity index (χ4v) is 3.46. The first kappa shape index (κ1) is 20.2. The van der Waals surface area contributed by atoms with Gasteiger partial charge in [-0.3, -0.25) is 4.79 Å². The number of thiol groups is 1. The third kappa shape index (κ3) is 6.67. The molecular formula is C18H27N3O4S. The van der Waals surface area contributed by atoms with Gasteiger partial charge < -0.3 is 15.5 Å². The van der Waals surface area contributed by atoms with Crippen molar-refractivity contribution in [2.45, 2.75) is 50.8 Å². The van der Waals surface area contributed by atoms with Crippen LogP contribution in [0.25, 0.3) is 0 Å². The average molecular weight is 381 g/mol. The predicted octanol–water partition coefficient (Wildman–Crippen LogP) is 2.10. The van der Waals surface area contributed by atoms with Gasteiger partial charge in [0.2, 0.25) is 5.91 Å². The molecule has 0 bridgehead atoms. The van der Waals surface area contributed by atoms with Crippen molar-refractivity contribution in [3.8, 4) is 0 Å². The highest BCUT2D eigenvalue weighted by atomic mass is 32.2. The summed E-state index contributed by atoms with van der Waals surface area (Å²) in [5.41, 5.74) is 1.30. The molecule has 3 amide bonds. The molecular weight excluding hydrogens is 354 g/mol. The lowest BCUT2D eigenvalue weighted by atomic mass is 10.0. The highest BCUT2D eigenvalue weighted by molar-refractivity contribution is 7.71. The molecule has 1 aliphatic rings. The zero-order valence-electron chi connectivity index (χ0n) is 15.1. The van der Waals surface area contributed by atoms with Gasteiger partial charge in [-0.2, -0.15) is 0 Å². The number of amides is 3. The first-order valence-electron chi connectivity index (χ1n) is 9.04. The van der Waals surface area contributed by atoms with Gasteiger partial charge >= 0.3 is 6.03 Å². The number of carbonyl (C=O) groups excluding carboxylic acids is 2. The molecule has 1 aliphatic heterocycles. The van der Waals surface area contributed by atoms with Gasteiger partial charge in [0.1, 0.15) is 10.7 Å². The number of piperidine rings is 1. The topological polar surface area (TPSA) is 95.6 Å². The van der Waals surface area contributed by atoms with E-state index in [0.29, 0.717) is 30.8 Å². The molecule has 0 radical (unpaired) electrons. The van der Waals surface area contributed by atoms with E-state index in [-0.39, 0.29) is 23.7 Å². The summed E-state index contributed by atoms with van der Waals surface area (Å²) in [4.78, 5) is 26.0. The maximum absolute atomic E-state index is 12.1. The van der Waals surface area contributed by atoms with E-state index in [2.05, 4.69) is 17.6 Å². The molecule has 1 fully saturated rings. The van der Waals surface area contributed by atoms with Crippen molar-refractivity contribution >= 4 is 28.3 Å². The summed E-state index contributed by atoms with van der Waals surface area (Å²) in [5, 5.41) is 5.68. The summed E-state index contributed by atoms with van der Waals surface area (Å²) in [5.74, 6) is 0.201. The minimum Gasteiger partial charge on any atom is -0.343 e. The number of rotatable bonds is 7. The number of likely N-dealkylation sites (tertiary alicyclic amines) is 1. The second-order valence-electron chi connectivity index (χ2n) is 6.54. The number of nitrogens with zero attached hydrogens (tertiary/aromatic N) is 1. The van der Waals surface area contributed by atoms with E-state index in [9.17, 15) is 18.0 Å². The first-order valence-corrected chi connectivity index (χ1v) is 10.4. The minimum absolute atomic E-state index is 0.00262. The monoisotopic (exact) mass is 381 g/mol. The number of anilines is 1. The molecule has 1 aromatic carbocycles. The molecule has 0 atom stereocenters. The van der Waals surface area contributed by atoms with Gasteiger partial charge in [0, 0.05) is 31.2 Å². The maximum atomic E-state index is 12.1. The van der Waals surface area contributed by atoms with Gasteiger partial charge in [-0.25, -0.2) is 13.2 Å². The Balaban J connectivity index is 1.74. The molecule has 0 spiro atoms. The average Bonchev–Trinajstić information content (AvgIpc) is 2.61. The molecule has 0 aromatic heterocycles. The normalized spacial score (nSPS) is 15.1. The molecule has 7 nitrogen and oxygen atoms in total.